The maximum Gasteiger partial charge on any atom is 0.254 e. The van der Waals surface area contributed by atoms with E-state index in [0.29, 0.717) is 16.9 Å². The van der Waals surface area contributed by atoms with Crippen LogP contribution in [0.25, 0.3) is 16.9 Å². The van der Waals surface area contributed by atoms with Crippen molar-refractivity contribution in [2.45, 2.75) is 6.92 Å². The third-order valence-corrected chi connectivity index (χ3v) is 2.92. The molecule has 0 bridgehead atoms. The Bertz CT molecular complexity index is 763. The number of amides is 1. The molecule has 0 atom stereocenters. The van der Waals surface area contributed by atoms with Gasteiger partial charge in [0.2, 0.25) is 0 Å². The summed E-state index contributed by atoms with van der Waals surface area (Å²) in [4.78, 5) is 19.6. The molecule has 19 heavy (non-hydrogen) atoms. The average Bonchev–Trinajstić information content (AvgIpc) is 2.75. The predicted molar refractivity (Wildman–Crippen MR) is 69.5 cm³/mol. The zero-order valence-corrected chi connectivity index (χ0v) is 10.2. The molecule has 0 radical (unpaired) electrons. The van der Waals surface area contributed by atoms with Crippen LogP contribution in [0.2, 0.25) is 0 Å². The zero-order valence-electron chi connectivity index (χ0n) is 10.2. The van der Waals surface area contributed by atoms with Gasteiger partial charge in [-0.3, -0.25) is 9.78 Å². The minimum atomic E-state index is -0.521. The third kappa shape index (κ3) is 1.74. The zero-order chi connectivity index (χ0) is 13.4. The number of primary amides is 1. The van der Waals surface area contributed by atoms with E-state index in [1.54, 1.807) is 30.0 Å². The van der Waals surface area contributed by atoms with Gasteiger partial charge in [0.1, 0.15) is 5.56 Å². The van der Waals surface area contributed by atoms with E-state index >= 15 is 0 Å². The molecule has 0 aromatic carbocycles. The summed E-state index contributed by atoms with van der Waals surface area (Å²) >= 11 is 0. The van der Waals surface area contributed by atoms with Crippen LogP contribution >= 0.6 is 0 Å². The average molecular weight is 253 g/mol. The number of carbonyl (C=O) groups excluding carboxylic acids is 1. The number of aromatic nitrogens is 4. The van der Waals surface area contributed by atoms with Crippen LogP contribution in [0.5, 0.6) is 0 Å². The second-order valence-corrected chi connectivity index (χ2v) is 4.13. The van der Waals surface area contributed by atoms with Crippen LogP contribution in [-0.4, -0.2) is 25.5 Å². The highest BCUT2D eigenvalue weighted by atomic mass is 16.1. The minimum Gasteiger partial charge on any atom is -0.365 e. The lowest BCUT2D eigenvalue weighted by Crippen LogP contribution is -2.12. The van der Waals surface area contributed by atoms with Gasteiger partial charge in [-0.1, -0.05) is 0 Å². The molecule has 0 fully saturated rings. The Balaban J connectivity index is 2.34. The SMILES string of the molecule is Cc1nn2c(-c3ccncc3)ccnc2c1C(N)=O. The lowest BCUT2D eigenvalue weighted by atomic mass is 10.2. The summed E-state index contributed by atoms with van der Waals surface area (Å²) in [6.07, 6.45) is 5.04. The molecule has 6 nitrogen and oxygen atoms in total. The van der Waals surface area contributed by atoms with Gasteiger partial charge in [0.15, 0.2) is 5.65 Å². The van der Waals surface area contributed by atoms with E-state index in [0.717, 1.165) is 11.3 Å². The fraction of sp³-hybridized carbons (Fsp3) is 0.0769. The van der Waals surface area contributed by atoms with E-state index in [-0.39, 0.29) is 0 Å². The first kappa shape index (κ1) is 11.3. The fourth-order valence-corrected chi connectivity index (χ4v) is 2.08. The number of carbonyl (C=O) groups is 1. The summed E-state index contributed by atoms with van der Waals surface area (Å²) in [7, 11) is 0. The van der Waals surface area contributed by atoms with E-state index < -0.39 is 5.91 Å². The van der Waals surface area contributed by atoms with Gasteiger partial charge in [0.25, 0.3) is 5.91 Å². The van der Waals surface area contributed by atoms with E-state index in [9.17, 15) is 4.79 Å². The van der Waals surface area contributed by atoms with Gasteiger partial charge in [-0.2, -0.15) is 5.10 Å². The van der Waals surface area contributed by atoms with Crippen molar-refractivity contribution in [2.24, 2.45) is 5.73 Å². The molecule has 94 valence electrons. The molecule has 3 aromatic rings. The van der Waals surface area contributed by atoms with Crippen LogP contribution in [0.1, 0.15) is 16.1 Å². The van der Waals surface area contributed by atoms with Crippen molar-refractivity contribution < 1.29 is 4.79 Å². The van der Waals surface area contributed by atoms with Crippen molar-refractivity contribution in [3.63, 3.8) is 0 Å². The lowest BCUT2D eigenvalue weighted by Gasteiger charge is -2.03. The summed E-state index contributed by atoms with van der Waals surface area (Å²) < 4.78 is 1.63. The number of pyridine rings is 1. The monoisotopic (exact) mass is 253 g/mol. The summed E-state index contributed by atoms with van der Waals surface area (Å²) in [6.45, 7) is 1.74. The van der Waals surface area contributed by atoms with Crippen molar-refractivity contribution in [3.8, 4) is 11.3 Å². The predicted octanol–water partition coefficient (Wildman–Crippen LogP) is 1.20. The molecule has 0 unspecified atom stereocenters. The second kappa shape index (κ2) is 4.16. The van der Waals surface area contributed by atoms with E-state index in [1.807, 2.05) is 18.2 Å². The maximum absolute atomic E-state index is 11.5. The highest BCUT2D eigenvalue weighted by molar-refractivity contribution is 6.00. The van der Waals surface area contributed by atoms with Gasteiger partial charge >= 0.3 is 0 Å². The molecule has 0 aliphatic rings. The Morgan fingerprint density at radius 3 is 2.63 bits per heavy atom. The third-order valence-electron chi connectivity index (χ3n) is 2.92. The molecule has 1 amide bonds. The Labute approximate surface area is 108 Å². The number of hydrogen-bond donors (Lipinski definition) is 1. The number of rotatable bonds is 2. The smallest absolute Gasteiger partial charge is 0.254 e. The molecule has 0 aliphatic carbocycles. The van der Waals surface area contributed by atoms with Crippen LogP contribution in [0, 0.1) is 6.92 Å². The first-order valence-corrected chi connectivity index (χ1v) is 5.73. The Morgan fingerprint density at radius 1 is 1.21 bits per heavy atom. The van der Waals surface area contributed by atoms with Crippen LogP contribution < -0.4 is 5.73 Å². The van der Waals surface area contributed by atoms with Crippen molar-refractivity contribution in [1.82, 2.24) is 19.6 Å². The Morgan fingerprint density at radius 2 is 1.95 bits per heavy atom. The largest absolute Gasteiger partial charge is 0.365 e. The van der Waals surface area contributed by atoms with Crippen molar-refractivity contribution in [1.29, 1.82) is 0 Å². The van der Waals surface area contributed by atoms with Gasteiger partial charge in [-0.25, -0.2) is 9.50 Å². The van der Waals surface area contributed by atoms with Crippen LogP contribution in [-0.2, 0) is 0 Å². The first-order valence-electron chi connectivity index (χ1n) is 5.73. The highest BCUT2D eigenvalue weighted by Crippen LogP contribution is 2.21. The number of aryl methyl sites for hydroxylation is 1. The van der Waals surface area contributed by atoms with E-state index in [1.165, 1.54) is 0 Å². The van der Waals surface area contributed by atoms with E-state index in [4.69, 9.17) is 5.73 Å². The van der Waals surface area contributed by atoms with Gasteiger partial charge < -0.3 is 5.73 Å². The molecule has 0 aliphatic heterocycles. The molecular formula is C13H11N5O. The van der Waals surface area contributed by atoms with Crippen molar-refractivity contribution in [3.05, 3.63) is 48.0 Å². The molecule has 0 saturated carbocycles. The van der Waals surface area contributed by atoms with Gasteiger partial charge in [0, 0.05) is 24.2 Å². The Hall–Kier alpha value is -2.76. The van der Waals surface area contributed by atoms with E-state index in [2.05, 4.69) is 15.1 Å². The highest BCUT2D eigenvalue weighted by Gasteiger charge is 2.17. The molecule has 0 spiro atoms. The lowest BCUT2D eigenvalue weighted by molar-refractivity contribution is 0.100. The standard InChI is InChI=1S/C13H11N5O/c1-8-11(12(14)19)13-16-7-4-10(18(13)17-8)9-2-5-15-6-3-9/h2-7H,1H3,(H2,14,19). The number of fused-ring (bicyclic) bond motifs is 1. The topological polar surface area (TPSA) is 86.2 Å². The summed E-state index contributed by atoms with van der Waals surface area (Å²) in [5.74, 6) is -0.521. The number of hydrogen-bond acceptors (Lipinski definition) is 4. The van der Waals surface area contributed by atoms with Gasteiger partial charge in [0.05, 0.1) is 11.4 Å². The van der Waals surface area contributed by atoms with Crippen LogP contribution in [0.15, 0.2) is 36.8 Å². The van der Waals surface area contributed by atoms with Crippen LogP contribution in [0.3, 0.4) is 0 Å². The first-order chi connectivity index (χ1) is 9.18. The quantitative estimate of drug-likeness (QED) is 0.743. The van der Waals surface area contributed by atoms with Crippen LogP contribution in [0.4, 0.5) is 0 Å². The van der Waals surface area contributed by atoms with Gasteiger partial charge in [-0.05, 0) is 25.1 Å². The molecule has 2 N–H and O–H groups in total. The second-order valence-electron chi connectivity index (χ2n) is 4.13. The normalized spacial score (nSPS) is 10.8. The van der Waals surface area contributed by atoms with Gasteiger partial charge in [-0.15, -0.1) is 0 Å². The maximum atomic E-state index is 11.5. The molecule has 3 heterocycles. The number of nitrogens with two attached hydrogens (primary N) is 1. The molecule has 3 aromatic heterocycles. The summed E-state index contributed by atoms with van der Waals surface area (Å²) in [5.41, 5.74) is 8.55. The fourth-order valence-electron chi connectivity index (χ4n) is 2.08. The van der Waals surface area contributed by atoms with Crippen molar-refractivity contribution >= 4 is 11.6 Å². The molecule has 6 heteroatoms. The summed E-state index contributed by atoms with van der Waals surface area (Å²) in [6, 6.07) is 5.57. The Kier molecular flexibility index (Phi) is 2.49. The molecular weight excluding hydrogens is 242 g/mol. The number of nitrogens with zero attached hydrogens (tertiary/aromatic N) is 4. The molecule has 0 saturated heterocycles. The minimum absolute atomic E-state index is 0.357. The molecule has 3 rings (SSSR count). The van der Waals surface area contributed by atoms with Crippen molar-refractivity contribution in [2.75, 3.05) is 0 Å². The summed E-state index contributed by atoms with van der Waals surface area (Å²) in [5, 5.41) is 4.34.